The highest BCUT2D eigenvalue weighted by molar-refractivity contribution is 6.30. The molecule has 78 valence electrons. The number of carbonyl (C=O) groups is 1. The van der Waals surface area contributed by atoms with Crippen molar-refractivity contribution in [3.05, 3.63) is 28.8 Å². The van der Waals surface area contributed by atoms with Gasteiger partial charge in [0, 0.05) is 11.1 Å². The van der Waals surface area contributed by atoms with E-state index in [0.29, 0.717) is 16.3 Å². The molecule has 3 nitrogen and oxygen atoms in total. The van der Waals surface area contributed by atoms with Crippen LogP contribution in [0, 0.1) is 11.3 Å². The van der Waals surface area contributed by atoms with Gasteiger partial charge in [-0.3, -0.25) is 4.79 Å². The van der Waals surface area contributed by atoms with Crippen molar-refractivity contribution in [3.8, 4) is 11.8 Å². The van der Waals surface area contributed by atoms with Gasteiger partial charge in [0.05, 0.1) is 5.56 Å². The molecule has 0 bridgehead atoms. The van der Waals surface area contributed by atoms with E-state index < -0.39 is 6.10 Å². The zero-order valence-electron chi connectivity index (χ0n) is 8.45. The van der Waals surface area contributed by atoms with Crippen molar-refractivity contribution < 1.29 is 9.53 Å². The molecule has 0 aliphatic carbocycles. The molecule has 0 aliphatic rings. The van der Waals surface area contributed by atoms with Crippen LogP contribution in [0.25, 0.3) is 0 Å². The van der Waals surface area contributed by atoms with Crippen LogP contribution in [0.1, 0.15) is 19.4 Å². The molecule has 0 amide bonds. The number of nitriles is 1. The first-order chi connectivity index (χ1) is 7.04. The van der Waals surface area contributed by atoms with Gasteiger partial charge in [-0.15, -0.1) is 0 Å². The van der Waals surface area contributed by atoms with Crippen LogP contribution in [0.5, 0.6) is 5.75 Å². The Kier molecular flexibility index (Phi) is 3.70. The van der Waals surface area contributed by atoms with E-state index in [1.165, 1.54) is 13.0 Å². The predicted molar refractivity (Wildman–Crippen MR) is 56.9 cm³/mol. The summed E-state index contributed by atoms with van der Waals surface area (Å²) in [5.74, 6) is 0.242. The maximum atomic E-state index is 11.0. The predicted octanol–water partition coefficient (Wildman–Crippen LogP) is 2.57. The standard InChI is InChI=1S/C11H10ClNO2/c1-7(14)8(2)15-11-5-10(12)4-3-9(11)6-13/h3-5,8H,1-2H3. The Hall–Kier alpha value is -1.53. The average Bonchev–Trinajstić information content (AvgIpc) is 2.18. The van der Waals surface area contributed by atoms with Crippen LogP contribution in [-0.4, -0.2) is 11.9 Å². The Balaban J connectivity index is 2.98. The second-order valence-electron chi connectivity index (χ2n) is 3.12. The van der Waals surface area contributed by atoms with E-state index in [4.69, 9.17) is 21.6 Å². The number of benzene rings is 1. The van der Waals surface area contributed by atoms with Gasteiger partial charge in [0.15, 0.2) is 11.9 Å². The fourth-order valence-electron chi connectivity index (χ4n) is 0.959. The number of rotatable bonds is 3. The Labute approximate surface area is 93.2 Å². The Bertz CT molecular complexity index is 423. The summed E-state index contributed by atoms with van der Waals surface area (Å²) in [5, 5.41) is 9.27. The van der Waals surface area contributed by atoms with Crippen molar-refractivity contribution in [1.29, 1.82) is 5.26 Å². The summed E-state index contributed by atoms with van der Waals surface area (Å²) in [6, 6.07) is 6.66. The first-order valence-corrected chi connectivity index (χ1v) is 4.79. The summed E-state index contributed by atoms with van der Waals surface area (Å²) in [6.45, 7) is 3.06. The SMILES string of the molecule is CC(=O)C(C)Oc1cc(Cl)ccc1C#N. The monoisotopic (exact) mass is 223 g/mol. The molecule has 1 rings (SSSR count). The Morgan fingerprint density at radius 2 is 2.27 bits per heavy atom. The molecule has 0 saturated heterocycles. The van der Waals surface area contributed by atoms with Gasteiger partial charge in [-0.05, 0) is 26.0 Å². The molecule has 0 N–H and O–H groups in total. The van der Waals surface area contributed by atoms with Crippen LogP contribution >= 0.6 is 11.6 Å². The second kappa shape index (κ2) is 4.81. The molecular formula is C11H10ClNO2. The average molecular weight is 224 g/mol. The highest BCUT2D eigenvalue weighted by atomic mass is 35.5. The zero-order chi connectivity index (χ0) is 11.4. The molecular weight excluding hydrogens is 214 g/mol. The van der Waals surface area contributed by atoms with Crippen LogP contribution in [0.2, 0.25) is 5.02 Å². The summed E-state index contributed by atoms with van der Waals surface area (Å²) < 4.78 is 5.32. The third kappa shape index (κ3) is 2.97. The molecule has 0 radical (unpaired) electrons. The number of Topliss-reactive ketones (excluding diaryl/α,β-unsaturated/α-hetero) is 1. The third-order valence-electron chi connectivity index (χ3n) is 1.94. The molecule has 4 heteroatoms. The molecule has 15 heavy (non-hydrogen) atoms. The van der Waals surface area contributed by atoms with E-state index >= 15 is 0 Å². The first kappa shape index (κ1) is 11.5. The lowest BCUT2D eigenvalue weighted by molar-refractivity contribution is -0.122. The number of ketones is 1. The number of ether oxygens (including phenoxy) is 1. The second-order valence-corrected chi connectivity index (χ2v) is 3.56. The summed E-state index contributed by atoms with van der Waals surface area (Å²) >= 11 is 5.76. The molecule has 0 aromatic heterocycles. The van der Waals surface area contributed by atoms with Crippen LogP contribution in [0.3, 0.4) is 0 Å². The van der Waals surface area contributed by atoms with Gasteiger partial charge >= 0.3 is 0 Å². The summed E-state index contributed by atoms with van der Waals surface area (Å²) in [4.78, 5) is 11.0. The molecule has 1 unspecified atom stereocenters. The van der Waals surface area contributed by atoms with E-state index in [0.717, 1.165) is 0 Å². The van der Waals surface area contributed by atoms with Gasteiger partial charge in [0.25, 0.3) is 0 Å². The van der Waals surface area contributed by atoms with Crippen LogP contribution in [-0.2, 0) is 4.79 Å². The fourth-order valence-corrected chi connectivity index (χ4v) is 1.12. The van der Waals surface area contributed by atoms with Gasteiger partial charge in [-0.2, -0.15) is 5.26 Å². The fraction of sp³-hybridized carbons (Fsp3) is 0.273. The van der Waals surface area contributed by atoms with Crippen molar-refractivity contribution in [2.45, 2.75) is 20.0 Å². The smallest absolute Gasteiger partial charge is 0.169 e. The number of nitrogens with zero attached hydrogens (tertiary/aromatic N) is 1. The van der Waals surface area contributed by atoms with Crippen molar-refractivity contribution in [1.82, 2.24) is 0 Å². The van der Waals surface area contributed by atoms with Gasteiger partial charge in [-0.1, -0.05) is 11.6 Å². The van der Waals surface area contributed by atoms with Gasteiger partial charge in [0.1, 0.15) is 11.8 Å². The number of hydrogen-bond donors (Lipinski definition) is 0. The maximum Gasteiger partial charge on any atom is 0.169 e. The van der Waals surface area contributed by atoms with Crippen molar-refractivity contribution >= 4 is 17.4 Å². The highest BCUT2D eigenvalue weighted by Gasteiger charge is 2.12. The van der Waals surface area contributed by atoms with Gasteiger partial charge in [0.2, 0.25) is 0 Å². The largest absolute Gasteiger partial charge is 0.482 e. The van der Waals surface area contributed by atoms with Crippen molar-refractivity contribution in [3.63, 3.8) is 0 Å². The van der Waals surface area contributed by atoms with Gasteiger partial charge in [-0.25, -0.2) is 0 Å². The third-order valence-corrected chi connectivity index (χ3v) is 2.18. The first-order valence-electron chi connectivity index (χ1n) is 4.41. The van der Waals surface area contributed by atoms with E-state index in [1.807, 2.05) is 6.07 Å². The summed E-state index contributed by atoms with van der Waals surface area (Å²) in [6.07, 6.45) is -0.574. The molecule has 0 fully saturated rings. The van der Waals surface area contributed by atoms with E-state index in [1.54, 1.807) is 19.1 Å². The van der Waals surface area contributed by atoms with Crippen LogP contribution in [0.15, 0.2) is 18.2 Å². The summed E-state index contributed by atoms with van der Waals surface area (Å²) in [7, 11) is 0. The molecule has 1 aromatic rings. The number of hydrogen-bond acceptors (Lipinski definition) is 3. The molecule has 0 heterocycles. The lowest BCUT2D eigenvalue weighted by Gasteiger charge is -2.12. The number of halogens is 1. The molecule has 1 atom stereocenters. The zero-order valence-corrected chi connectivity index (χ0v) is 9.21. The number of carbonyl (C=O) groups excluding carboxylic acids is 1. The van der Waals surface area contributed by atoms with Crippen molar-refractivity contribution in [2.24, 2.45) is 0 Å². The minimum absolute atomic E-state index is 0.0983. The molecule has 1 aromatic carbocycles. The Morgan fingerprint density at radius 3 is 2.80 bits per heavy atom. The normalized spacial score (nSPS) is 11.6. The molecule has 0 spiro atoms. The topological polar surface area (TPSA) is 50.1 Å². The van der Waals surface area contributed by atoms with Crippen molar-refractivity contribution in [2.75, 3.05) is 0 Å². The van der Waals surface area contributed by atoms with Gasteiger partial charge < -0.3 is 4.74 Å². The maximum absolute atomic E-state index is 11.0. The molecule has 0 saturated carbocycles. The highest BCUT2D eigenvalue weighted by Crippen LogP contribution is 2.23. The molecule has 0 aliphatic heterocycles. The van der Waals surface area contributed by atoms with E-state index in [2.05, 4.69) is 0 Å². The lowest BCUT2D eigenvalue weighted by Crippen LogP contribution is -2.21. The van der Waals surface area contributed by atoms with E-state index in [-0.39, 0.29) is 5.78 Å². The quantitative estimate of drug-likeness (QED) is 0.791. The minimum atomic E-state index is -0.574. The minimum Gasteiger partial charge on any atom is -0.482 e. The summed E-state index contributed by atoms with van der Waals surface area (Å²) in [5.41, 5.74) is 0.368. The van der Waals surface area contributed by atoms with Crippen LogP contribution < -0.4 is 4.74 Å². The van der Waals surface area contributed by atoms with Crippen LogP contribution in [0.4, 0.5) is 0 Å². The lowest BCUT2D eigenvalue weighted by atomic mass is 10.2. The van der Waals surface area contributed by atoms with E-state index in [9.17, 15) is 4.79 Å². The Morgan fingerprint density at radius 1 is 1.60 bits per heavy atom.